The van der Waals surface area contributed by atoms with E-state index in [9.17, 15) is 4.79 Å². The number of ether oxygens (including phenoxy) is 1. The van der Waals surface area contributed by atoms with E-state index in [1.54, 1.807) is 6.07 Å². The van der Waals surface area contributed by atoms with Gasteiger partial charge in [0.15, 0.2) is 0 Å². The zero-order valence-electron chi connectivity index (χ0n) is 8.16. The lowest BCUT2D eigenvalue weighted by atomic mass is 10.2. The maximum absolute atomic E-state index is 11.5. The van der Waals surface area contributed by atoms with Gasteiger partial charge >= 0.3 is 0 Å². The monoisotopic (exact) mass is 220 g/mol. The van der Waals surface area contributed by atoms with Crippen LogP contribution in [0.4, 0.5) is 0 Å². The van der Waals surface area contributed by atoms with Crippen molar-refractivity contribution >= 4 is 22.4 Å². The Morgan fingerprint density at radius 3 is 2.60 bits per heavy atom. The number of benzene rings is 1. The van der Waals surface area contributed by atoms with Crippen molar-refractivity contribution in [2.24, 2.45) is 0 Å². The molecular weight excluding hydrogens is 212 g/mol. The van der Waals surface area contributed by atoms with Gasteiger partial charge in [-0.1, -0.05) is 41.9 Å². The fraction of sp³-hybridized carbons (Fsp3) is 0.0833. The van der Waals surface area contributed by atoms with E-state index in [-0.39, 0.29) is 10.5 Å². The van der Waals surface area contributed by atoms with Gasteiger partial charge in [0.2, 0.25) is 5.43 Å². The summed E-state index contributed by atoms with van der Waals surface area (Å²) >= 11 is 5.92. The molecule has 0 aromatic heterocycles. The minimum atomic E-state index is -0.232. The van der Waals surface area contributed by atoms with E-state index in [0.29, 0.717) is 5.75 Å². The van der Waals surface area contributed by atoms with Gasteiger partial charge in [0.25, 0.3) is 0 Å². The van der Waals surface area contributed by atoms with Crippen LogP contribution in [0.25, 0.3) is 10.8 Å². The third kappa shape index (κ3) is 1.68. The molecule has 0 aliphatic heterocycles. The van der Waals surface area contributed by atoms with Crippen LogP contribution in [-0.2, 0) is 0 Å². The van der Waals surface area contributed by atoms with Crippen molar-refractivity contribution in [2.45, 2.75) is 0 Å². The van der Waals surface area contributed by atoms with Crippen molar-refractivity contribution in [3.63, 3.8) is 0 Å². The van der Waals surface area contributed by atoms with E-state index < -0.39 is 0 Å². The van der Waals surface area contributed by atoms with Crippen molar-refractivity contribution in [3.05, 3.63) is 51.6 Å². The molecule has 0 spiro atoms. The molecule has 3 heteroatoms. The minimum Gasteiger partial charge on any atom is -0.494 e. The van der Waals surface area contributed by atoms with Crippen LogP contribution in [0.3, 0.4) is 0 Å². The van der Waals surface area contributed by atoms with Crippen LogP contribution < -0.4 is 10.2 Å². The summed E-state index contributed by atoms with van der Waals surface area (Å²) in [6.45, 7) is 0. The first kappa shape index (κ1) is 9.99. The minimum absolute atomic E-state index is 0.124. The maximum Gasteiger partial charge on any atom is 0.201 e. The van der Waals surface area contributed by atoms with E-state index in [4.69, 9.17) is 16.3 Å². The maximum atomic E-state index is 11.5. The Labute approximate surface area is 92.1 Å². The summed E-state index contributed by atoms with van der Waals surface area (Å²) in [6.07, 6.45) is 0. The lowest BCUT2D eigenvalue weighted by Crippen LogP contribution is -1.96. The molecule has 2 rings (SSSR count). The molecule has 0 aliphatic carbocycles. The van der Waals surface area contributed by atoms with Crippen LogP contribution in [0.2, 0.25) is 5.02 Å². The first-order valence-corrected chi connectivity index (χ1v) is 4.87. The van der Waals surface area contributed by atoms with Crippen molar-refractivity contribution < 1.29 is 4.74 Å². The number of rotatable bonds is 1. The Hall–Kier alpha value is -1.54. The van der Waals surface area contributed by atoms with E-state index in [1.807, 2.05) is 24.3 Å². The average molecular weight is 221 g/mol. The highest BCUT2D eigenvalue weighted by Gasteiger charge is 2.07. The Balaban J connectivity index is 3.03. The van der Waals surface area contributed by atoms with E-state index in [1.165, 1.54) is 13.2 Å². The summed E-state index contributed by atoms with van der Waals surface area (Å²) in [4.78, 5) is 11.5. The fourth-order valence-electron chi connectivity index (χ4n) is 1.52. The zero-order valence-corrected chi connectivity index (χ0v) is 8.91. The highest BCUT2D eigenvalue weighted by Crippen LogP contribution is 2.28. The zero-order chi connectivity index (χ0) is 10.8. The molecule has 0 aliphatic rings. The molecule has 0 heterocycles. The molecule has 0 unspecified atom stereocenters. The smallest absolute Gasteiger partial charge is 0.201 e. The highest BCUT2D eigenvalue weighted by molar-refractivity contribution is 6.32. The van der Waals surface area contributed by atoms with Gasteiger partial charge in [0.1, 0.15) is 10.8 Å². The van der Waals surface area contributed by atoms with Crippen LogP contribution >= 0.6 is 11.6 Å². The highest BCUT2D eigenvalue weighted by atomic mass is 35.5. The fourth-order valence-corrected chi connectivity index (χ4v) is 1.76. The molecule has 0 saturated heterocycles. The summed E-state index contributed by atoms with van der Waals surface area (Å²) in [5.74, 6) is 0.433. The summed E-state index contributed by atoms with van der Waals surface area (Å²) in [5, 5.41) is 1.89. The number of hydrogen-bond acceptors (Lipinski definition) is 2. The molecule has 0 saturated carbocycles. The van der Waals surface area contributed by atoms with Gasteiger partial charge in [-0.25, -0.2) is 0 Å². The number of fused-ring (bicyclic) bond motifs is 1. The molecule has 2 aromatic rings. The SMILES string of the molecule is COc1c(Cl)c(=O)ccc2ccccc12. The van der Waals surface area contributed by atoms with Crippen LogP contribution in [0.5, 0.6) is 5.75 Å². The second-order valence-corrected chi connectivity index (χ2v) is 3.51. The Morgan fingerprint density at radius 2 is 1.87 bits per heavy atom. The summed E-state index contributed by atoms with van der Waals surface area (Å²) in [6, 6.07) is 10.8. The molecule has 0 radical (unpaired) electrons. The van der Waals surface area contributed by atoms with Crippen molar-refractivity contribution in [3.8, 4) is 5.75 Å². The first-order valence-electron chi connectivity index (χ1n) is 4.49. The molecule has 2 aromatic carbocycles. The predicted octanol–water partition coefficient (Wildman–Crippen LogP) is 2.86. The molecule has 2 nitrogen and oxygen atoms in total. The van der Waals surface area contributed by atoms with Crippen LogP contribution in [-0.4, -0.2) is 7.11 Å². The molecule has 0 fully saturated rings. The predicted molar refractivity (Wildman–Crippen MR) is 61.8 cm³/mol. The molecule has 0 bridgehead atoms. The largest absolute Gasteiger partial charge is 0.494 e. The summed E-state index contributed by atoms with van der Waals surface area (Å²) in [7, 11) is 1.51. The number of halogens is 1. The Morgan fingerprint density at radius 1 is 1.13 bits per heavy atom. The summed E-state index contributed by atoms with van der Waals surface area (Å²) < 4.78 is 5.17. The lowest BCUT2D eigenvalue weighted by molar-refractivity contribution is 0.420. The van der Waals surface area contributed by atoms with Crippen LogP contribution in [0.15, 0.2) is 41.2 Å². The van der Waals surface area contributed by atoms with Gasteiger partial charge in [-0.15, -0.1) is 0 Å². The van der Waals surface area contributed by atoms with Crippen molar-refractivity contribution in [1.29, 1.82) is 0 Å². The van der Waals surface area contributed by atoms with Crippen LogP contribution in [0, 0.1) is 0 Å². The van der Waals surface area contributed by atoms with Gasteiger partial charge < -0.3 is 4.74 Å². The van der Waals surface area contributed by atoms with Crippen LogP contribution in [0.1, 0.15) is 0 Å². The second kappa shape index (κ2) is 3.91. The number of methoxy groups -OCH3 is 1. The lowest BCUT2D eigenvalue weighted by Gasteiger charge is -2.01. The quantitative estimate of drug-likeness (QED) is 0.739. The van der Waals surface area contributed by atoms with Gasteiger partial charge in [-0.3, -0.25) is 4.79 Å². The molecule has 0 atom stereocenters. The second-order valence-electron chi connectivity index (χ2n) is 3.13. The third-order valence-corrected chi connectivity index (χ3v) is 2.60. The third-order valence-electron chi connectivity index (χ3n) is 2.24. The Kier molecular flexibility index (Phi) is 2.60. The van der Waals surface area contributed by atoms with Gasteiger partial charge in [-0.2, -0.15) is 0 Å². The van der Waals surface area contributed by atoms with Gasteiger partial charge in [-0.05, 0) is 11.5 Å². The van der Waals surface area contributed by atoms with Crippen molar-refractivity contribution in [2.75, 3.05) is 7.11 Å². The molecule has 15 heavy (non-hydrogen) atoms. The number of hydrogen-bond donors (Lipinski definition) is 0. The van der Waals surface area contributed by atoms with E-state index >= 15 is 0 Å². The standard InChI is InChI=1S/C12H9ClO2/c1-15-12-9-5-3-2-4-8(9)6-7-10(14)11(12)13/h2-7H,1H3. The Bertz CT molecular complexity index is 564. The topological polar surface area (TPSA) is 26.3 Å². The molecule has 0 amide bonds. The van der Waals surface area contributed by atoms with E-state index in [2.05, 4.69) is 0 Å². The first-order chi connectivity index (χ1) is 7.24. The average Bonchev–Trinajstić information content (AvgIpc) is 2.38. The van der Waals surface area contributed by atoms with Crippen molar-refractivity contribution in [1.82, 2.24) is 0 Å². The van der Waals surface area contributed by atoms with Gasteiger partial charge in [0, 0.05) is 5.39 Å². The van der Waals surface area contributed by atoms with Gasteiger partial charge in [0.05, 0.1) is 7.11 Å². The molecule has 0 N–H and O–H groups in total. The normalized spacial score (nSPS) is 10.3. The molecule has 76 valence electrons. The molecular formula is C12H9ClO2. The summed E-state index contributed by atoms with van der Waals surface area (Å²) in [5.41, 5.74) is -0.232. The van der Waals surface area contributed by atoms with E-state index in [0.717, 1.165) is 10.8 Å².